The van der Waals surface area contributed by atoms with Gasteiger partial charge >= 0.3 is 0 Å². The lowest BCUT2D eigenvalue weighted by atomic mass is 10.3. The minimum absolute atomic E-state index is 0.259. The molecule has 0 amide bonds. The van der Waals surface area contributed by atoms with Gasteiger partial charge in [0.15, 0.2) is 0 Å². The van der Waals surface area contributed by atoms with E-state index in [1.807, 2.05) is 0 Å². The van der Waals surface area contributed by atoms with Gasteiger partial charge in [0.05, 0.1) is 11.0 Å². The maximum atomic E-state index is 13.0. The zero-order valence-electron chi connectivity index (χ0n) is 7.27. The van der Waals surface area contributed by atoms with E-state index in [1.165, 1.54) is 12.1 Å². The van der Waals surface area contributed by atoms with Crippen LogP contribution in [0, 0.1) is 12.7 Å². The molecule has 14 heavy (non-hydrogen) atoms. The van der Waals surface area contributed by atoms with Gasteiger partial charge in [0.25, 0.3) is 5.56 Å². The average Bonchev–Trinajstić information content (AvgIpc) is 2.08. The van der Waals surface area contributed by atoms with Crippen LogP contribution in [0.4, 0.5) is 4.39 Å². The normalized spacial score (nSPS) is 10.8. The van der Waals surface area contributed by atoms with Gasteiger partial charge in [0.1, 0.15) is 11.5 Å². The van der Waals surface area contributed by atoms with Crippen molar-refractivity contribution in [3.63, 3.8) is 0 Å². The number of rotatable bonds is 0. The summed E-state index contributed by atoms with van der Waals surface area (Å²) in [7, 11) is 0. The van der Waals surface area contributed by atoms with Gasteiger partial charge in [-0.2, -0.15) is 0 Å². The summed E-state index contributed by atoms with van der Waals surface area (Å²) in [5.74, 6) is -0.386. The van der Waals surface area contributed by atoms with E-state index < -0.39 is 0 Å². The molecule has 1 aromatic carbocycles. The first-order chi connectivity index (χ1) is 6.58. The van der Waals surface area contributed by atoms with Crippen molar-refractivity contribution in [3.8, 4) is 0 Å². The molecule has 0 atom stereocenters. The number of benzene rings is 1. The fourth-order valence-electron chi connectivity index (χ4n) is 1.21. The van der Waals surface area contributed by atoms with Crippen LogP contribution < -0.4 is 5.56 Å². The summed E-state index contributed by atoms with van der Waals surface area (Å²) < 4.78 is 13.5. The van der Waals surface area contributed by atoms with Crippen molar-refractivity contribution in [2.45, 2.75) is 6.92 Å². The van der Waals surface area contributed by atoms with Crippen LogP contribution in [0.3, 0.4) is 0 Å². The quantitative estimate of drug-likeness (QED) is 0.785. The van der Waals surface area contributed by atoms with E-state index in [0.717, 1.165) is 0 Å². The first-order valence-electron chi connectivity index (χ1n) is 3.93. The van der Waals surface area contributed by atoms with Gasteiger partial charge in [0.2, 0.25) is 0 Å². The Morgan fingerprint density at radius 1 is 1.50 bits per heavy atom. The third kappa shape index (κ3) is 1.43. The SMILES string of the molecule is Cc1nc2cc(F)cc(Br)c2[nH]c1=O. The van der Waals surface area contributed by atoms with Crippen molar-refractivity contribution in [3.05, 3.63) is 38.5 Å². The van der Waals surface area contributed by atoms with Gasteiger partial charge in [-0.05, 0) is 28.9 Å². The average molecular weight is 257 g/mol. The first-order valence-corrected chi connectivity index (χ1v) is 4.73. The molecule has 2 aromatic rings. The van der Waals surface area contributed by atoms with Crippen molar-refractivity contribution < 1.29 is 4.39 Å². The summed E-state index contributed by atoms with van der Waals surface area (Å²) in [6.45, 7) is 1.58. The van der Waals surface area contributed by atoms with Gasteiger partial charge in [-0.25, -0.2) is 9.37 Å². The molecular formula is C9H6BrFN2O. The molecule has 72 valence electrons. The molecule has 0 spiro atoms. The highest BCUT2D eigenvalue weighted by molar-refractivity contribution is 9.10. The molecule has 1 aromatic heterocycles. The van der Waals surface area contributed by atoms with E-state index in [0.29, 0.717) is 21.2 Å². The molecule has 0 aliphatic heterocycles. The molecule has 1 heterocycles. The largest absolute Gasteiger partial charge is 0.318 e. The summed E-state index contributed by atoms with van der Waals surface area (Å²) in [5, 5.41) is 0. The Kier molecular flexibility index (Phi) is 2.11. The van der Waals surface area contributed by atoms with Crippen LogP contribution >= 0.6 is 15.9 Å². The molecule has 0 unspecified atom stereocenters. The van der Waals surface area contributed by atoms with Crippen molar-refractivity contribution in [1.82, 2.24) is 9.97 Å². The zero-order chi connectivity index (χ0) is 10.3. The molecule has 0 saturated heterocycles. The highest BCUT2D eigenvalue weighted by Gasteiger charge is 2.05. The number of H-pyrrole nitrogens is 1. The fraction of sp³-hybridized carbons (Fsp3) is 0.111. The van der Waals surface area contributed by atoms with Crippen LogP contribution in [0.2, 0.25) is 0 Å². The zero-order valence-corrected chi connectivity index (χ0v) is 8.85. The molecule has 2 rings (SSSR count). The number of aromatic amines is 1. The molecular weight excluding hydrogens is 251 g/mol. The van der Waals surface area contributed by atoms with Gasteiger partial charge in [0, 0.05) is 10.5 Å². The molecule has 0 aliphatic carbocycles. The summed E-state index contributed by atoms with van der Waals surface area (Å²) in [5.41, 5.74) is 1.02. The smallest absolute Gasteiger partial charge is 0.269 e. The van der Waals surface area contributed by atoms with E-state index in [9.17, 15) is 9.18 Å². The molecule has 0 bridgehead atoms. The van der Waals surface area contributed by atoms with Crippen molar-refractivity contribution in [2.24, 2.45) is 0 Å². The Balaban J connectivity index is 2.96. The molecule has 0 aliphatic rings. The standard InChI is InChI=1S/C9H6BrFN2O/c1-4-9(14)13-8-6(10)2-5(11)3-7(8)12-4/h2-3H,1H3,(H,13,14). The number of aromatic nitrogens is 2. The molecule has 0 saturated carbocycles. The second-order valence-electron chi connectivity index (χ2n) is 2.93. The second-order valence-corrected chi connectivity index (χ2v) is 3.79. The summed E-state index contributed by atoms with van der Waals surface area (Å²) in [6, 6.07) is 2.57. The van der Waals surface area contributed by atoms with E-state index in [1.54, 1.807) is 6.92 Å². The van der Waals surface area contributed by atoms with Gasteiger partial charge < -0.3 is 4.98 Å². The van der Waals surface area contributed by atoms with Crippen LogP contribution in [0.15, 0.2) is 21.4 Å². The lowest BCUT2D eigenvalue weighted by Crippen LogP contribution is -2.11. The number of fused-ring (bicyclic) bond motifs is 1. The predicted octanol–water partition coefficient (Wildman–Crippen LogP) is 2.13. The lowest BCUT2D eigenvalue weighted by Gasteiger charge is -2.01. The lowest BCUT2D eigenvalue weighted by molar-refractivity contribution is 0.628. The van der Waals surface area contributed by atoms with Crippen molar-refractivity contribution >= 4 is 27.0 Å². The maximum absolute atomic E-state index is 13.0. The summed E-state index contributed by atoms with van der Waals surface area (Å²) >= 11 is 3.16. The molecule has 5 heteroatoms. The van der Waals surface area contributed by atoms with E-state index >= 15 is 0 Å². The molecule has 1 N–H and O–H groups in total. The summed E-state index contributed by atoms with van der Waals surface area (Å²) in [6.07, 6.45) is 0. The Bertz CT molecular complexity index is 564. The van der Waals surface area contributed by atoms with Crippen LogP contribution in [-0.2, 0) is 0 Å². The third-order valence-electron chi connectivity index (χ3n) is 1.89. The van der Waals surface area contributed by atoms with Crippen molar-refractivity contribution in [1.29, 1.82) is 0 Å². The van der Waals surface area contributed by atoms with E-state index in [2.05, 4.69) is 25.9 Å². The number of hydrogen-bond acceptors (Lipinski definition) is 2. The van der Waals surface area contributed by atoms with Crippen LogP contribution in [-0.4, -0.2) is 9.97 Å². The van der Waals surface area contributed by atoms with E-state index in [-0.39, 0.29) is 11.4 Å². The number of nitrogens with one attached hydrogen (secondary N) is 1. The minimum atomic E-state index is -0.386. The Morgan fingerprint density at radius 2 is 2.21 bits per heavy atom. The van der Waals surface area contributed by atoms with Gasteiger partial charge in [-0.1, -0.05) is 0 Å². The third-order valence-corrected chi connectivity index (χ3v) is 2.51. The Morgan fingerprint density at radius 3 is 2.93 bits per heavy atom. The Labute approximate surface area is 87.1 Å². The number of nitrogens with zero attached hydrogens (tertiary/aromatic N) is 1. The highest BCUT2D eigenvalue weighted by Crippen LogP contribution is 2.21. The van der Waals surface area contributed by atoms with E-state index in [4.69, 9.17) is 0 Å². The predicted molar refractivity (Wildman–Crippen MR) is 54.8 cm³/mol. The fourth-order valence-corrected chi connectivity index (χ4v) is 1.73. The number of hydrogen-bond donors (Lipinski definition) is 1. The first kappa shape index (κ1) is 9.33. The number of aryl methyl sites for hydroxylation is 1. The van der Waals surface area contributed by atoms with Crippen LogP contribution in [0.1, 0.15) is 5.69 Å². The molecule has 0 fully saturated rings. The molecule has 0 radical (unpaired) electrons. The highest BCUT2D eigenvalue weighted by atomic mass is 79.9. The molecule has 3 nitrogen and oxygen atoms in total. The second kappa shape index (κ2) is 3.16. The van der Waals surface area contributed by atoms with Crippen LogP contribution in [0.5, 0.6) is 0 Å². The monoisotopic (exact) mass is 256 g/mol. The Hall–Kier alpha value is -1.23. The number of halogens is 2. The van der Waals surface area contributed by atoms with Crippen LogP contribution in [0.25, 0.3) is 11.0 Å². The topological polar surface area (TPSA) is 45.8 Å². The minimum Gasteiger partial charge on any atom is -0.318 e. The summed E-state index contributed by atoms with van der Waals surface area (Å²) in [4.78, 5) is 17.8. The van der Waals surface area contributed by atoms with Gasteiger partial charge in [-0.3, -0.25) is 4.79 Å². The van der Waals surface area contributed by atoms with Gasteiger partial charge in [-0.15, -0.1) is 0 Å². The maximum Gasteiger partial charge on any atom is 0.269 e. The van der Waals surface area contributed by atoms with Crippen molar-refractivity contribution in [2.75, 3.05) is 0 Å².